The zero-order chi connectivity index (χ0) is 13.0. The molecule has 0 amide bonds. The maximum Gasteiger partial charge on any atom is 0.251 e. The summed E-state index contributed by atoms with van der Waals surface area (Å²) >= 11 is 0. The van der Waals surface area contributed by atoms with Crippen molar-refractivity contribution in [1.29, 1.82) is 0 Å². The quantitative estimate of drug-likeness (QED) is 0.653. The van der Waals surface area contributed by atoms with Crippen LogP contribution >= 0.6 is 0 Å². The lowest BCUT2D eigenvalue weighted by atomic mass is 10.3. The molecule has 0 aromatic carbocycles. The molecule has 1 aliphatic carbocycles. The number of ether oxygens (including phenoxy) is 1. The van der Waals surface area contributed by atoms with Crippen LogP contribution in [0.3, 0.4) is 0 Å². The van der Waals surface area contributed by atoms with Crippen LogP contribution in [0.4, 0.5) is 19.0 Å². The molecule has 18 heavy (non-hydrogen) atoms. The van der Waals surface area contributed by atoms with E-state index in [1.807, 2.05) is 0 Å². The standard InChI is InChI=1S/C12H15F3N2O/c13-9-7-10(14)12(17-11(9)15)16-5-6-18-8-3-1-2-4-8/h7-8H,1-6H2,(H,16,17). The van der Waals surface area contributed by atoms with Gasteiger partial charge in [0.05, 0.1) is 12.7 Å². The van der Waals surface area contributed by atoms with Crippen LogP contribution in [0.5, 0.6) is 0 Å². The van der Waals surface area contributed by atoms with Crippen molar-refractivity contribution < 1.29 is 17.9 Å². The van der Waals surface area contributed by atoms with E-state index in [9.17, 15) is 13.2 Å². The number of halogens is 3. The molecule has 0 bridgehead atoms. The highest BCUT2D eigenvalue weighted by Crippen LogP contribution is 2.20. The Morgan fingerprint density at radius 2 is 1.94 bits per heavy atom. The fourth-order valence-electron chi connectivity index (χ4n) is 2.02. The second-order valence-corrected chi connectivity index (χ2v) is 4.30. The van der Waals surface area contributed by atoms with E-state index < -0.39 is 17.6 Å². The summed E-state index contributed by atoms with van der Waals surface area (Å²) in [6.07, 6.45) is 4.74. The molecule has 1 fully saturated rings. The van der Waals surface area contributed by atoms with Gasteiger partial charge in [0.25, 0.3) is 5.95 Å². The molecule has 0 unspecified atom stereocenters. The SMILES string of the molecule is Fc1cc(F)c(NCCOC2CCCC2)nc1F. The number of nitrogens with one attached hydrogen (secondary N) is 1. The lowest BCUT2D eigenvalue weighted by molar-refractivity contribution is 0.0658. The molecule has 3 nitrogen and oxygen atoms in total. The Morgan fingerprint density at radius 3 is 2.67 bits per heavy atom. The van der Waals surface area contributed by atoms with Crippen molar-refractivity contribution in [1.82, 2.24) is 4.98 Å². The molecule has 2 rings (SSSR count). The maximum atomic E-state index is 13.2. The van der Waals surface area contributed by atoms with Crippen LogP contribution in [0.1, 0.15) is 25.7 Å². The number of hydrogen-bond acceptors (Lipinski definition) is 3. The van der Waals surface area contributed by atoms with E-state index in [-0.39, 0.29) is 11.9 Å². The Balaban J connectivity index is 1.77. The Labute approximate surface area is 103 Å². The van der Waals surface area contributed by atoms with E-state index in [1.165, 1.54) is 12.8 Å². The highest BCUT2D eigenvalue weighted by atomic mass is 19.2. The number of rotatable bonds is 5. The maximum absolute atomic E-state index is 13.2. The first-order chi connectivity index (χ1) is 8.66. The molecule has 0 spiro atoms. The average Bonchev–Trinajstić information content (AvgIpc) is 2.84. The summed E-state index contributed by atoms with van der Waals surface area (Å²) in [5.41, 5.74) is 0. The molecule has 0 atom stereocenters. The van der Waals surface area contributed by atoms with Crippen molar-refractivity contribution in [2.24, 2.45) is 0 Å². The van der Waals surface area contributed by atoms with Crippen molar-refractivity contribution in [3.8, 4) is 0 Å². The molecular formula is C12H15F3N2O. The molecule has 0 radical (unpaired) electrons. The molecule has 0 aliphatic heterocycles. The first-order valence-corrected chi connectivity index (χ1v) is 6.04. The van der Waals surface area contributed by atoms with Crippen molar-refractivity contribution >= 4 is 5.82 Å². The van der Waals surface area contributed by atoms with Gasteiger partial charge in [-0.05, 0) is 12.8 Å². The van der Waals surface area contributed by atoms with Crippen LogP contribution in [0.15, 0.2) is 6.07 Å². The topological polar surface area (TPSA) is 34.1 Å². The molecule has 1 heterocycles. The summed E-state index contributed by atoms with van der Waals surface area (Å²) in [6, 6.07) is 0.475. The van der Waals surface area contributed by atoms with Gasteiger partial charge in [0.2, 0.25) is 0 Å². The van der Waals surface area contributed by atoms with E-state index in [0.29, 0.717) is 19.2 Å². The fraction of sp³-hybridized carbons (Fsp3) is 0.583. The van der Waals surface area contributed by atoms with E-state index in [1.54, 1.807) is 0 Å². The molecule has 6 heteroatoms. The van der Waals surface area contributed by atoms with Gasteiger partial charge in [-0.3, -0.25) is 0 Å². The minimum Gasteiger partial charge on any atom is -0.376 e. The second-order valence-electron chi connectivity index (χ2n) is 4.30. The minimum atomic E-state index is -1.31. The first-order valence-electron chi connectivity index (χ1n) is 6.04. The third-order valence-corrected chi connectivity index (χ3v) is 2.94. The van der Waals surface area contributed by atoms with E-state index in [4.69, 9.17) is 4.74 Å². The van der Waals surface area contributed by atoms with Crippen LogP contribution in [0, 0.1) is 17.6 Å². The average molecular weight is 260 g/mol. The zero-order valence-electron chi connectivity index (χ0n) is 9.89. The van der Waals surface area contributed by atoms with Gasteiger partial charge in [0.15, 0.2) is 17.5 Å². The Bertz CT molecular complexity index is 409. The molecule has 0 saturated heterocycles. The van der Waals surface area contributed by atoms with Crippen LogP contribution in [0.2, 0.25) is 0 Å². The third kappa shape index (κ3) is 3.35. The van der Waals surface area contributed by atoms with Crippen LogP contribution in [-0.4, -0.2) is 24.2 Å². The van der Waals surface area contributed by atoms with Crippen LogP contribution in [-0.2, 0) is 4.74 Å². The van der Waals surface area contributed by atoms with Gasteiger partial charge < -0.3 is 10.1 Å². The van der Waals surface area contributed by atoms with E-state index >= 15 is 0 Å². The normalized spacial score (nSPS) is 16.2. The summed E-state index contributed by atoms with van der Waals surface area (Å²) in [6.45, 7) is 0.705. The summed E-state index contributed by atoms with van der Waals surface area (Å²) in [7, 11) is 0. The number of nitrogens with zero attached hydrogens (tertiary/aromatic N) is 1. The van der Waals surface area contributed by atoms with Gasteiger partial charge in [-0.15, -0.1) is 0 Å². The number of pyridine rings is 1. The van der Waals surface area contributed by atoms with Gasteiger partial charge in [-0.25, -0.2) is 8.78 Å². The summed E-state index contributed by atoms with van der Waals surface area (Å²) in [5.74, 6) is -3.80. The Hall–Kier alpha value is -1.30. The predicted molar refractivity (Wildman–Crippen MR) is 60.8 cm³/mol. The Kier molecular flexibility index (Phi) is 4.41. The van der Waals surface area contributed by atoms with Crippen molar-refractivity contribution in [2.75, 3.05) is 18.5 Å². The minimum absolute atomic E-state index is 0.273. The van der Waals surface area contributed by atoms with Gasteiger partial charge >= 0.3 is 0 Å². The monoisotopic (exact) mass is 260 g/mol. The lowest BCUT2D eigenvalue weighted by Crippen LogP contribution is -2.16. The molecular weight excluding hydrogens is 245 g/mol. The fourth-order valence-corrected chi connectivity index (χ4v) is 2.02. The molecule has 1 aliphatic rings. The largest absolute Gasteiger partial charge is 0.376 e. The van der Waals surface area contributed by atoms with Crippen LogP contribution in [0.25, 0.3) is 0 Å². The summed E-state index contributed by atoms with van der Waals surface area (Å²) < 4.78 is 44.1. The summed E-state index contributed by atoms with van der Waals surface area (Å²) in [4.78, 5) is 3.16. The molecule has 1 aromatic heterocycles. The Morgan fingerprint density at radius 1 is 1.22 bits per heavy atom. The van der Waals surface area contributed by atoms with E-state index in [0.717, 1.165) is 12.8 Å². The zero-order valence-corrected chi connectivity index (χ0v) is 9.89. The van der Waals surface area contributed by atoms with Crippen molar-refractivity contribution in [3.63, 3.8) is 0 Å². The number of hydrogen-bond donors (Lipinski definition) is 1. The molecule has 1 aromatic rings. The van der Waals surface area contributed by atoms with Crippen molar-refractivity contribution in [2.45, 2.75) is 31.8 Å². The van der Waals surface area contributed by atoms with Gasteiger partial charge in [-0.2, -0.15) is 9.37 Å². The summed E-state index contributed by atoms with van der Waals surface area (Å²) in [5, 5.41) is 2.59. The molecule has 100 valence electrons. The van der Waals surface area contributed by atoms with Gasteiger partial charge in [-0.1, -0.05) is 12.8 Å². The second kappa shape index (κ2) is 6.04. The van der Waals surface area contributed by atoms with Crippen LogP contribution < -0.4 is 5.32 Å². The number of anilines is 1. The highest BCUT2D eigenvalue weighted by molar-refractivity contribution is 5.35. The molecule has 1 N–H and O–H groups in total. The van der Waals surface area contributed by atoms with Gasteiger partial charge in [0.1, 0.15) is 0 Å². The smallest absolute Gasteiger partial charge is 0.251 e. The molecule has 1 saturated carbocycles. The van der Waals surface area contributed by atoms with Gasteiger partial charge in [0, 0.05) is 12.6 Å². The highest BCUT2D eigenvalue weighted by Gasteiger charge is 2.15. The van der Waals surface area contributed by atoms with E-state index in [2.05, 4.69) is 10.3 Å². The van der Waals surface area contributed by atoms with Crippen molar-refractivity contribution in [3.05, 3.63) is 23.6 Å². The third-order valence-electron chi connectivity index (χ3n) is 2.94. The first kappa shape index (κ1) is 13.1. The lowest BCUT2D eigenvalue weighted by Gasteiger charge is -2.12. The predicted octanol–water partition coefficient (Wildman–Crippen LogP) is 2.87. The number of aromatic nitrogens is 1.